The molecule has 0 unspecified atom stereocenters. The maximum Gasteiger partial charge on any atom is 0.279 e. The van der Waals surface area contributed by atoms with Gasteiger partial charge < -0.3 is 9.64 Å². The van der Waals surface area contributed by atoms with Gasteiger partial charge in [0, 0.05) is 38.6 Å². The molecule has 2 fully saturated rings. The van der Waals surface area contributed by atoms with Gasteiger partial charge >= 0.3 is 0 Å². The fraction of sp³-hybridized carbons (Fsp3) is 0.391. The first-order valence-corrected chi connectivity index (χ1v) is 11.2. The van der Waals surface area contributed by atoms with Crippen LogP contribution in [-0.2, 0) is 11.3 Å². The van der Waals surface area contributed by atoms with Crippen molar-refractivity contribution in [1.29, 1.82) is 0 Å². The predicted octanol–water partition coefficient (Wildman–Crippen LogP) is 4.68. The molecule has 3 aromatic rings. The van der Waals surface area contributed by atoms with E-state index in [2.05, 4.69) is 28.1 Å². The van der Waals surface area contributed by atoms with Gasteiger partial charge in [0.25, 0.3) is 5.19 Å². The fourth-order valence-corrected chi connectivity index (χ4v) is 4.75. The number of ether oxygens (including phenoxy) is 1. The van der Waals surface area contributed by atoms with Crippen LogP contribution >= 0.6 is 11.3 Å². The molecule has 150 valence electrons. The van der Waals surface area contributed by atoms with Gasteiger partial charge in [0.15, 0.2) is 0 Å². The van der Waals surface area contributed by atoms with Crippen molar-refractivity contribution in [1.82, 2.24) is 14.8 Å². The third kappa shape index (κ3) is 4.43. The first-order chi connectivity index (χ1) is 14.2. The minimum atomic E-state index is 0.317. The molecule has 1 saturated carbocycles. The Morgan fingerprint density at radius 2 is 1.97 bits per heavy atom. The van der Waals surface area contributed by atoms with Crippen LogP contribution in [0.25, 0.3) is 10.2 Å². The number of hydrogen-bond donors (Lipinski definition) is 0. The van der Waals surface area contributed by atoms with Gasteiger partial charge in [-0.2, -0.15) is 0 Å². The van der Waals surface area contributed by atoms with Crippen molar-refractivity contribution in [3.8, 4) is 10.9 Å². The smallest absolute Gasteiger partial charge is 0.279 e. The summed E-state index contributed by atoms with van der Waals surface area (Å²) in [5, 5.41) is 0.675. The maximum absolute atomic E-state index is 11.9. The van der Waals surface area contributed by atoms with Crippen molar-refractivity contribution >= 4 is 27.5 Å². The van der Waals surface area contributed by atoms with Crippen molar-refractivity contribution in [2.75, 3.05) is 19.6 Å². The molecule has 0 radical (unpaired) electrons. The van der Waals surface area contributed by atoms with Crippen LogP contribution in [0.15, 0.2) is 48.5 Å². The number of benzene rings is 2. The second-order valence-corrected chi connectivity index (χ2v) is 8.87. The van der Waals surface area contributed by atoms with Crippen molar-refractivity contribution < 1.29 is 9.53 Å². The van der Waals surface area contributed by atoms with Crippen molar-refractivity contribution in [2.24, 2.45) is 0 Å². The fourth-order valence-electron chi connectivity index (χ4n) is 3.91. The van der Waals surface area contributed by atoms with E-state index in [0.717, 1.165) is 55.0 Å². The topological polar surface area (TPSA) is 45.7 Å². The lowest BCUT2D eigenvalue weighted by molar-refractivity contribution is -0.127. The first-order valence-electron chi connectivity index (χ1n) is 10.4. The van der Waals surface area contributed by atoms with Gasteiger partial charge in [-0.3, -0.25) is 9.69 Å². The molecule has 6 heteroatoms. The average Bonchev–Trinajstić information content (AvgIpc) is 3.37. The molecule has 0 bridgehead atoms. The number of amides is 1. The lowest BCUT2D eigenvalue weighted by Gasteiger charge is -2.25. The van der Waals surface area contributed by atoms with Crippen LogP contribution in [0.1, 0.15) is 31.2 Å². The average molecular weight is 408 g/mol. The molecular formula is C23H25N3O2S. The molecule has 1 aromatic heterocycles. The quantitative estimate of drug-likeness (QED) is 0.544. The summed E-state index contributed by atoms with van der Waals surface area (Å²) in [5.74, 6) is 1.13. The standard InChI is InChI=1S/C23H25N3O2S/c27-22-6-3-13-25(22)14-15-26(18-9-10-18)16-17-7-11-19(12-8-17)28-23-24-20-4-1-2-5-21(20)29-23/h1-2,4-5,7-8,11-12,18H,3,6,9-10,13-16H2. The Bertz CT molecular complexity index is 964. The number of carbonyl (C=O) groups is 1. The molecule has 1 saturated heterocycles. The molecule has 0 N–H and O–H groups in total. The summed E-state index contributed by atoms with van der Waals surface area (Å²) < 4.78 is 7.09. The highest BCUT2D eigenvalue weighted by Crippen LogP contribution is 2.32. The van der Waals surface area contributed by atoms with E-state index in [1.165, 1.54) is 18.4 Å². The highest BCUT2D eigenvalue weighted by atomic mass is 32.1. The number of carbonyl (C=O) groups excluding carboxylic acids is 1. The number of rotatable bonds is 8. The van der Waals surface area contributed by atoms with Gasteiger partial charge in [0.2, 0.25) is 5.91 Å². The molecular weight excluding hydrogens is 382 g/mol. The van der Waals surface area contributed by atoms with E-state index in [1.54, 1.807) is 11.3 Å². The molecule has 2 aliphatic rings. The molecule has 5 rings (SSSR count). The third-order valence-electron chi connectivity index (χ3n) is 5.68. The highest BCUT2D eigenvalue weighted by Gasteiger charge is 2.30. The van der Waals surface area contributed by atoms with E-state index in [-0.39, 0.29) is 0 Å². The van der Waals surface area contributed by atoms with Crippen LogP contribution in [0.2, 0.25) is 0 Å². The number of fused-ring (bicyclic) bond motifs is 1. The van der Waals surface area contributed by atoms with Crippen LogP contribution in [0.5, 0.6) is 10.9 Å². The summed E-state index contributed by atoms with van der Waals surface area (Å²) in [6, 6.07) is 17.1. The number of thiazole rings is 1. The predicted molar refractivity (Wildman–Crippen MR) is 115 cm³/mol. The molecule has 2 heterocycles. The van der Waals surface area contributed by atoms with E-state index in [0.29, 0.717) is 17.1 Å². The summed E-state index contributed by atoms with van der Waals surface area (Å²) in [4.78, 5) is 20.9. The summed E-state index contributed by atoms with van der Waals surface area (Å²) in [7, 11) is 0. The molecule has 1 aliphatic carbocycles. The van der Waals surface area contributed by atoms with E-state index < -0.39 is 0 Å². The normalized spacial score (nSPS) is 16.9. The Balaban J connectivity index is 1.20. The number of likely N-dealkylation sites (tertiary alicyclic amines) is 1. The van der Waals surface area contributed by atoms with Crippen LogP contribution in [0.3, 0.4) is 0 Å². The monoisotopic (exact) mass is 407 g/mol. The van der Waals surface area contributed by atoms with Gasteiger partial charge in [0.05, 0.1) is 10.2 Å². The van der Waals surface area contributed by atoms with E-state index in [4.69, 9.17) is 4.74 Å². The molecule has 2 aromatic carbocycles. The second-order valence-electron chi connectivity index (χ2n) is 7.88. The summed E-state index contributed by atoms with van der Waals surface area (Å²) >= 11 is 1.56. The number of para-hydroxylation sites is 1. The van der Waals surface area contributed by atoms with Crippen LogP contribution in [0.4, 0.5) is 0 Å². The van der Waals surface area contributed by atoms with Crippen molar-refractivity contribution in [2.45, 2.75) is 38.3 Å². The maximum atomic E-state index is 11.9. The molecule has 0 spiro atoms. The summed E-state index contributed by atoms with van der Waals surface area (Å²) in [6.07, 6.45) is 4.28. The van der Waals surface area contributed by atoms with E-state index >= 15 is 0 Å². The number of aromatic nitrogens is 1. The van der Waals surface area contributed by atoms with Gasteiger partial charge in [0.1, 0.15) is 5.75 Å². The number of hydrogen-bond acceptors (Lipinski definition) is 5. The highest BCUT2D eigenvalue weighted by molar-refractivity contribution is 7.20. The minimum Gasteiger partial charge on any atom is -0.431 e. The third-order valence-corrected chi connectivity index (χ3v) is 6.59. The van der Waals surface area contributed by atoms with E-state index in [1.807, 2.05) is 35.2 Å². The summed E-state index contributed by atoms with van der Waals surface area (Å²) in [5.41, 5.74) is 2.25. The Kier molecular flexibility index (Phi) is 5.21. The second kappa shape index (κ2) is 8.13. The lowest BCUT2D eigenvalue weighted by atomic mass is 10.2. The zero-order valence-electron chi connectivity index (χ0n) is 16.4. The Morgan fingerprint density at radius 1 is 1.14 bits per heavy atom. The molecule has 1 aliphatic heterocycles. The summed E-state index contributed by atoms with van der Waals surface area (Å²) in [6.45, 7) is 3.66. The number of nitrogens with zero attached hydrogens (tertiary/aromatic N) is 3. The molecule has 29 heavy (non-hydrogen) atoms. The van der Waals surface area contributed by atoms with Crippen molar-refractivity contribution in [3.05, 3.63) is 54.1 Å². The largest absolute Gasteiger partial charge is 0.431 e. The first kappa shape index (κ1) is 18.6. The minimum absolute atomic E-state index is 0.317. The van der Waals surface area contributed by atoms with Gasteiger partial charge in [-0.25, -0.2) is 4.98 Å². The Hall–Kier alpha value is -2.44. The zero-order valence-corrected chi connectivity index (χ0v) is 17.2. The SMILES string of the molecule is O=C1CCCN1CCN(Cc1ccc(Oc2nc3ccccc3s2)cc1)C1CC1. The Morgan fingerprint density at radius 3 is 2.69 bits per heavy atom. The van der Waals surface area contributed by atoms with E-state index in [9.17, 15) is 4.79 Å². The van der Waals surface area contributed by atoms with Crippen LogP contribution < -0.4 is 4.74 Å². The molecule has 5 nitrogen and oxygen atoms in total. The van der Waals surface area contributed by atoms with Crippen LogP contribution in [0, 0.1) is 0 Å². The van der Waals surface area contributed by atoms with Crippen LogP contribution in [-0.4, -0.2) is 46.4 Å². The molecule has 1 amide bonds. The van der Waals surface area contributed by atoms with Gasteiger partial charge in [-0.1, -0.05) is 35.6 Å². The van der Waals surface area contributed by atoms with Crippen molar-refractivity contribution in [3.63, 3.8) is 0 Å². The zero-order chi connectivity index (χ0) is 19.6. The Labute approximate surface area is 174 Å². The lowest BCUT2D eigenvalue weighted by Crippen LogP contribution is -2.36. The van der Waals surface area contributed by atoms with Gasteiger partial charge in [-0.05, 0) is 49.1 Å². The van der Waals surface area contributed by atoms with Gasteiger partial charge in [-0.15, -0.1) is 0 Å². The molecule has 0 atom stereocenters.